The lowest BCUT2D eigenvalue weighted by Gasteiger charge is -2.37. The van der Waals surface area contributed by atoms with E-state index in [1.165, 1.54) is 6.42 Å². The summed E-state index contributed by atoms with van der Waals surface area (Å²) in [5, 5.41) is 4.96. The van der Waals surface area contributed by atoms with Gasteiger partial charge in [0.1, 0.15) is 11.8 Å². The maximum atomic E-state index is 6.97. The molecule has 2 aliphatic heterocycles. The van der Waals surface area contributed by atoms with Gasteiger partial charge in [-0.05, 0) is 85.1 Å². The van der Waals surface area contributed by atoms with Gasteiger partial charge in [-0.3, -0.25) is 4.98 Å². The molecule has 196 valence electrons. The fourth-order valence-electron chi connectivity index (χ4n) is 6.11. The SMILES string of the molecule is C[C@@H]1C[C@H](C)CN(c2ccc(N3C(=S)N[C@@H](c4ccccn4)[C@H]3c3cccn3Cc3ccco3)cc2Cl)C1. The molecule has 1 aromatic carbocycles. The van der Waals surface area contributed by atoms with Crippen molar-refractivity contribution in [1.29, 1.82) is 0 Å². The number of thiocarbonyl (C=S) groups is 1. The van der Waals surface area contributed by atoms with Gasteiger partial charge >= 0.3 is 0 Å². The van der Waals surface area contributed by atoms with Gasteiger partial charge in [-0.15, -0.1) is 0 Å². The number of rotatable bonds is 6. The number of hydrogen-bond donors (Lipinski definition) is 1. The Bertz CT molecular complexity index is 1400. The lowest BCUT2D eigenvalue weighted by molar-refractivity contribution is 0.357. The van der Waals surface area contributed by atoms with E-state index in [0.29, 0.717) is 23.5 Å². The van der Waals surface area contributed by atoms with E-state index in [1.54, 1.807) is 6.26 Å². The largest absolute Gasteiger partial charge is 0.467 e. The number of nitrogens with zero attached hydrogens (tertiary/aromatic N) is 4. The molecule has 4 aromatic rings. The first kappa shape index (κ1) is 25.0. The second-order valence-electron chi connectivity index (χ2n) is 10.6. The molecule has 0 saturated carbocycles. The van der Waals surface area contributed by atoms with E-state index in [4.69, 9.17) is 28.2 Å². The van der Waals surface area contributed by atoms with Crippen LogP contribution in [0.25, 0.3) is 0 Å². The van der Waals surface area contributed by atoms with Gasteiger partial charge in [-0.2, -0.15) is 0 Å². The van der Waals surface area contributed by atoms with E-state index in [2.05, 4.69) is 75.0 Å². The molecule has 0 spiro atoms. The monoisotopic (exact) mass is 545 g/mol. The van der Waals surface area contributed by atoms with E-state index < -0.39 is 0 Å². The molecule has 2 fully saturated rings. The average molecular weight is 546 g/mol. The highest BCUT2D eigenvalue weighted by Gasteiger charge is 2.42. The first-order chi connectivity index (χ1) is 18.5. The summed E-state index contributed by atoms with van der Waals surface area (Å²) in [6.07, 6.45) is 6.88. The smallest absolute Gasteiger partial charge is 0.174 e. The number of anilines is 2. The minimum Gasteiger partial charge on any atom is -0.467 e. The van der Waals surface area contributed by atoms with E-state index in [0.717, 1.165) is 46.6 Å². The molecule has 5 heterocycles. The maximum Gasteiger partial charge on any atom is 0.174 e. The summed E-state index contributed by atoms with van der Waals surface area (Å²) in [5.41, 5.74) is 4.10. The first-order valence-electron chi connectivity index (χ1n) is 13.2. The van der Waals surface area contributed by atoms with E-state index in [9.17, 15) is 0 Å². The second kappa shape index (κ2) is 10.5. The molecule has 0 unspecified atom stereocenters. The summed E-state index contributed by atoms with van der Waals surface area (Å²) >= 11 is 12.9. The number of halogens is 1. The zero-order valence-corrected chi connectivity index (χ0v) is 23.2. The van der Waals surface area contributed by atoms with Gasteiger partial charge in [-0.25, -0.2) is 0 Å². The highest BCUT2D eigenvalue weighted by atomic mass is 35.5. The van der Waals surface area contributed by atoms with Crippen LogP contribution in [0, 0.1) is 11.8 Å². The average Bonchev–Trinajstić information content (AvgIpc) is 3.65. The highest BCUT2D eigenvalue weighted by Crippen LogP contribution is 2.43. The van der Waals surface area contributed by atoms with Crippen molar-refractivity contribution in [2.45, 2.75) is 38.9 Å². The van der Waals surface area contributed by atoms with Crippen molar-refractivity contribution in [1.82, 2.24) is 14.9 Å². The van der Waals surface area contributed by atoms with Gasteiger partial charge in [-0.1, -0.05) is 31.5 Å². The van der Waals surface area contributed by atoms with Crippen LogP contribution in [-0.4, -0.2) is 27.8 Å². The van der Waals surface area contributed by atoms with Crippen LogP contribution in [0.15, 0.2) is 83.7 Å². The number of pyridine rings is 1. The number of furan rings is 1. The van der Waals surface area contributed by atoms with Gasteiger partial charge in [0, 0.05) is 36.9 Å². The van der Waals surface area contributed by atoms with Gasteiger partial charge in [0.15, 0.2) is 5.11 Å². The normalized spacial score (nSPS) is 23.6. The summed E-state index contributed by atoms with van der Waals surface area (Å²) in [6, 6.07) is 20.2. The van der Waals surface area contributed by atoms with E-state index >= 15 is 0 Å². The van der Waals surface area contributed by atoms with Crippen molar-refractivity contribution in [3.63, 3.8) is 0 Å². The third kappa shape index (κ3) is 4.81. The Morgan fingerprint density at radius 1 is 1.05 bits per heavy atom. The Morgan fingerprint density at radius 2 is 1.89 bits per heavy atom. The molecule has 0 bridgehead atoms. The van der Waals surface area contributed by atoms with Crippen LogP contribution in [0.3, 0.4) is 0 Å². The third-order valence-electron chi connectivity index (χ3n) is 7.59. The fourth-order valence-corrected chi connectivity index (χ4v) is 6.75. The minimum atomic E-state index is -0.129. The van der Waals surface area contributed by atoms with E-state index in [-0.39, 0.29) is 12.1 Å². The lowest BCUT2D eigenvalue weighted by Crippen LogP contribution is -2.38. The zero-order valence-electron chi connectivity index (χ0n) is 21.6. The summed E-state index contributed by atoms with van der Waals surface area (Å²) in [5.74, 6) is 2.19. The van der Waals surface area contributed by atoms with Crippen molar-refractivity contribution >= 4 is 40.3 Å². The van der Waals surface area contributed by atoms with Gasteiger partial charge in [0.05, 0.1) is 35.3 Å². The molecule has 2 aliphatic rings. The molecular formula is C30H32ClN5OS. The molecule has 8 heteroatoms. The Morgan fingerprint density at radius 3 is 2.61 bits per heavy atom. The van der Waals surface area contributed by atoms with Crippen molar-refractivity contribution in [2.75, 3.05) is 22.9 Å². The second-order valence-corrected chi connectivity index (χ2v) is 11.4. The molecule has 6 rings (SSSR count). The van der Waals surface area contributed by atoms with Crippen molar-refractivity contribution < 1.29 is 4.42 Å². The van der Waals surface area contributed by atoms with Crippen LogP contribution in [0.5, 0.6) is 0 Å². The van der Waals surface area contributed by atoms with Crippen LogP contribution in [0.1, 0.15) is 49.5 Å². The van der Waals surface area contributed by atoms with Crippen LogP contribution < -0.4 is 15.1 Å². The van der Waals surface area contributed by atoms with Crippen LogP contribution >= 0.6 is 23.8 Å². The van der Waals surface area contributed by atoms with Gasteiger partial charge < -0.3 is 24.1 Å². The number of nitrogens with one attached hydrogen (secondary N) is 1. The quantitative estimate of drug-likeness (QED) is 0.268. The molecule has 0 amide bonds. The van der Waals surface area contributed by atoms with E-state index in [1.807, 2.05) is 36.5 Å². The molecule has 4 atom stereocenters. The van der Waals surface area contributed by atoms with Crippen molar-refractivity contribution in [3.05, 3.63) is 101 Å². The highest BCUT2D eigenvalue weighted by molar-refractivity contribution is 7.80. The Balaban J connectivity index is 1.39. The van der Waals surface area contributed by atoms with Crippen LogP contribution in [0.4, 0.5) is 11.4 Å². The molecule has 1 N–H and O–H groups in total. The van der Waals surface area contributed by atoms with Crippen molar-refractivity contribution in [2.24, 2.45) is 11.8 Å². The van der Waals surface area contributed by atoms with Gasteiger partial charge in [0.2, 0.25) is 0 Å². The molecular weight excluding hydrogens is 514 g/mol. The minimum absolute atomic E-state index is 0.126. The molecule has 3 aromatic heterocycles. The van der Waals surface area contributed by atoms with Crippen molar-refractivity contribution in [3.8, 4) is 0 Å². The summed E-state index contributed by atoms with van der Waals surface area (Å²) in [7, 11) is 0. The Labute approximate surface area is 234 Å². The summed E-state index contributed by atoms with van der Waals surface area (Å²) < 4.78 is 7.88. The summed E-state index contributed by atoms with van der Waals surface area (Å²) in [6.45, 7) is 7.32. The number of aromatic nitrogens is 2. The molecule has 2 saturated heterocycles. The fraction of sp³-hybridized carbons (Fsp3) is 0.333. The molecule has 0 aliphatic carbocycles. The molecule has 0 radical (unpaired) electrons. The summed E-state index contributed by atoms with van der Waals surface area (Å²) in [4.78, 5) is 9.29. The van der Waals surface area contributed by atoms with Gasteiger partial charge in [0.25, 0.3) is 0 Å². The van der Waals surface area contributed by atoms with Crippen LogP contribution in [-0.2, 0) is 6.54 Å². The number of benzene rings is 1. The Kier molecular flexibility index (Phi) is 6.89. The topological polar surface area (TPSA) is 49.5 Å². The van der Waals surface area contributed by atoms with Crippen LogP contribution in [0.2, 0.25) is 5.02 Å². The number of piperidine rings is 1. The molecule has 6 nitrogen and oxygen atoms in total. The standard InChI is InChI=1S/C30H32ClN5OS/c1-20-15-21(2)18-35(17-20)26-11-10-22(16-24(26)31)36-29(28(33-30(36)38)25-8-3-4-12-32-25)27-9-5-13-34(27)19-23-7-6-14-37-23/h3-14,16,20-21,28-29H,15,17-19H2,1-2H3,(H,33,38)/t20-,21+,28-,29+/m0/s1. The maximum absolute atomic E-state index is 6.97. The predicted octanol–water partition coefficient (Wildman–Crippen LogP) is 6.84. The lowest BCUT2D eigenvalue weighted by atomic mass is 9.91. The Hall–Kier alpha value is -3.29. The third-order valence-corrected chi connectivity index (χ3v) is 8.21. The zero-order chi connectivity index (χ0) is 26.2. The predicted molar refractivity (Wildman–Crippen MR) is 157 cm³/mol. The first-order valence-corrected chi connectivity index (χ1v) is 14.0. The number of hydrogen-bond acceptors (Lipinski definition) is 4. The molecule has 38 heavy (non-hydrogen) atoms.